The van der Waals surface area contributed by atoms with Gasteiger partial charge in [0, 0.05) is 0 Å². The summed E-state index contributed by atoms with van der Waals surface area (Å²) in [7, 11) is 0. The number of isocyanates is 1. The minimum atomic E-state index is -0.950. The summed E-state index contributed by atoms with van der Waals surface area (Å²) < 4.78 is 0. The molecule has 4 heteroatoms. The van der Waals surface area contributed by atoms with Crippen LogP contribution in [0.5, 0.6) is 0 Å². The molecule has 0 rings (SSSR count). The molecule has 9 heavy (non-hydrogen) atoms. The zero-order valence-electron chi connectivity index (χ0n) is 5.00. The van der Waals surface area contributed by atoms with Gasteiger partial charge in [-0.2, -0.15) is 0 Å². The molecule has 0 spiro atoms. The van der Waals surface area contributed by atoms with Crippen molar-refractivity contribution in [3.8, 4) is 0 Å². The van der Waals surface area contributed by atoms with Crippen molar-refractivity contribution < 1.29 is 14.7 Å². The molecule has 0 heterocycles. The van der Waals surface area contributed by atoms with Gasteiger partial charge < -0.3 is 5.11 Å². The highest BCUT2D eigenvalue weighted by molar-refractivity contribution is 5.69. The number of hydrogen-bond donors (Lipinski definition) is 1. The number of carbonyl (C=O) groups excluding carboxylic acids is 1. The normalized spacial score (nSPS) is 11.7. The molecular formula is C5H7NO3. The predicted molar refractivity (Wildman–Crippen MR) is 29.8 cm³/mol. The Balaban J connectivity index is 3.63. The van der Waals surface area contributed by atoms with E-state index >= 15 is 0 Å². The van der Waals surface area contributed by atoms with Crippen LogP contribution in [0.3, 0.4) is 0 Å². The minimum absolute atomic E-state index is 0.0127. The summed E-state index contributed by atoms with van der Waals surface area (Å²) >= 11 is 0. The van der Waals surface area contributed by atoms with Gasteiger partial charge in [0.25, 0.3) is 0 Å². The maximum atomic E-state index is 10.0. The molecular weight excluding hydrogens is 122 g/mol. The quantitative estimate of drug-likeness (QED) is 0.432. The van der Waals surface area contributed by atoms with Gasteiger partial charge in [0.2, 0.25) is 6.08 Å². The molecule has 0 aromatic heterocycles. The van der Waals surface area contributed by atoms with E-state index in [1.807, 2.05) is 0 Å². The van der Waals surface area contributed by atoms with E-state index in [1.54, 1.807) is 0 Å². The van der Waals surface area contributed by atoms with Gasteiger partial charge in [0.1, 0.15) is 0 Å². The van der Waals surface area contributed by atoms with Crippen LogP contribution in [0.15, 0.2) is 4.99 Å². The van der Waals surface area contributed by atoms with Crippen molar-refractivity contribution >= 4 is 12.0 Å². The molecule has 1 atom stereocenters. The number of aliphatic imine (C=N–C) groups is 1. The fourth-order valence-corrected chi connectivity index (χ4v) is 0.252. The molecule has 0 unspecified atom stereocenters. The van der Waals surface area contributed by atoms with Gasteiger partial charge in [-0.3, -0.25) is 4.79 Å². The van der Waals surface area contributed by atoms with Crippen LogP contribution in [0, 0.1) is 5.92 Å². The molecule has 50 valence electrons. The number of rotatable bonds is 3. The highest BCUT2D eigenvalue weighted by Gasteiger charge is 2.08. The average molecular weight is 129 g/mol. The standard InChI is InChI=1S/C5H7NO3/c1-4(5(8)9)2-6-3-7/h4H,2H2,1H3,(H,8,9)/t4-/m0/s1. The summed E-state index contributed by atoms with van der Waals surface area (Å²) in [5.41, 5.74) is 0. The molecule has 0 aromatic rings. The van der Waals surface area contributed by atoms with Gasteiger partial charge in [0.05, 0.1) is 12.5 Å². The number of carbonyl (C=O) groups is 1. The third-order valence-electron chi connectivity index (χ3n) is 0.851. The molecule has 0 saturated carbocycles. The summed E-state index contributed by atoms with van der Waals surface area (Å²) in [5, 5.41) is 8.22. The SMILES string of the molecule is C[C@@H](CN=C=O)C(=O)O. The molecule has 0 aliphatic rings. The lowest BCUT2D eigenvalue weighted by Crippen LogP contribution is -2.12. The molecule has 0 aromatic carbocycles. The second-order valence-corrected chi connectivity index (χ2v) is 1.67. The van der Waals surface area contributed by atoms with E-state index in [0.29, 0.717) is 0 Å². The largest absolute Gasteiger partial charge is 0.481 e. The zero-order chi connectivity index (χ0) is 7.28. The van der Waals surface area contributed by atoms with Crippen molar-refractivity contribution in [2.45, 2.75) is 6.92 Å². The first-order chi connectivity index (χ1) is 4.18. The Morgan fingerprint density at radius 1 is 1.89 bits per heavy atom. The van der Waals surface area contributed by atoms with Crippen LogP contribution >= 0.6 is 0 Å². The maximum Gasteiger partial charge on any atom is 0.308 e. The summed E-state index contributed by atoms with van der Waals surface area (Å²) in [6.07, 6.45) is 1.27. The average Bonchev–Trinajstić information content (AvgIpc) is 1.82. The maximum absolute atomic E-state index is 10.0. The summed E-state index contributed by atoms with van der Waals surface area (Å²) in [6.45, 7) is 1.49. The Morgan fingerprint density at radius 2 is 2.44 bits per heavy atom. The fraction of sp³-hybridized carbons (Fsp3) is 0.600. The van der Waals surface area contributed by atoms with Gasteiger partial charge in [0.15, 0.2) is 0 Å². The van der Waals surface area contributed by atoms with Gasteiger partial charge >= 0.3 is 5.97 Å². The predicted octanol–water partition coefficient (Wildman–Crippen LogP) is 0.0429. The number of carboxylic acids is 1. The van der Waals surface area contributed by atoms with Crippen molar-refractivity contribution in [2.24, 2.45) is 10.9 Å². The fourth-order valence-electron chi connectivity index (χ4n) is 0.252. The van der Waals surface area contributed by atoms with Crippen LogP contribution in [0.25, 0.3) is 0 Å². The third-order valence-corrected chi connectivity index (χ3v) is 0.851. The number of carboxylic acid groups (broad SMARTS) is 1. The highest BCUT2D eigenvalue weighted by Crippen LogP contribution is 1.92. The Kier molecular flexibility index (Phi) is 3.32. The van der Waals surface area contributed by atoms with Crippen LogP contribution < -0.4 is 0 Å². The minimum Gasteiger partial charge on any atom is -0.481 e. The summed E-state index contributed by atoms with van der Waals surface area (Å²) in [5.74, 6) is -1.54. The second kappa shape index (κ2) is 3.80. The first-order valence-corrected chi connectivity index (χ1v) is 2.45. The Labute approximate surface area is 52.2 Å². The van der Waals surface area contributed by atoms with Crippen molar-refractivity contribution in [1.82, 2.24) is 0 Å². The number of hydrogen-bond acceptors (Lipinski definition) is 3. The van der Waals surface area contributed by atoms with Crippen LogP contribution in [0.4, 0.5) is 0 Å². The molecule has 0 radical (unpaired) electrons. The van der Waals surface area contributed by atoms with Crippen molar-refractivity contribution in [3.63, 3.8) is 0 Å². The molecule has 1 N–H and O–H groups in total. The van der Waals surface area contributed by atoms with Gasteiger partial charge in [-0.1, -0.05) is 6.92 Å². The van der Waals surface area contributed by atoms with Crippen LogP contribution in [-0.4, -0.2) is 23.7 Å². The monoisotopic (exact) mass is 129 g/mol. The Hall–Kier alpha value is -1.15. The summed E-state index contributed by atoms with van der Waals surface area (Å²) in [6, 6.07) is 0. The molecule has 0 aliphatic carbocycles. The zero-order valence-corrected chi connectivity index (χ0v) is 5.00. The van der Waals surface area contributed by atoms with Crippen LogP contribution in [-0.2, 0) is 9.59 Å². The van der Waals surface area contributed by atoms with Crippen LogP contribution in [0.1, 0.15) is 6.92 Å². The summed E-state index contributed by atoms with van der Waals surface area (Å²) in [4.78, 5) is 22.6. The van der Waals surface area contributed by atoms with E-state index in [9.17, 15) is 9.59 Å². The molecule has 0 saturated heterocycles. The van der Waals surface area contributed by atoms with E-state index in [1.165, 1.54) is 13.0 Å². The molecule has 4 nitrogen and oxygen atoms in total. The van der Waals surface area contributed by atoms with E-state index in [2.05, 4.69) is 4.99 Å². The third kappa shape index (κ3) is 3.43. The molecule has 0 aliphatic heterocycles. The van der Waals surface area contributed by atoms with Crippen molar-refractivity contribution in [1.29, 1.82) is 0 Å². The number of nitrogens with zero attached hydrogens (tertiary/aromatic N) is 1. The van der Waals surface area contributed by atoms with Gasteiger partial charge in [-0.25, -0.2) is 9.79 Å². The van der Waals surface area contributed by atoms with E-state index < -0.39 is 11.9 Å². The van der Waals surface area contributed by atoms with Gasteiger partial charge in [-0.05, 0) is 0 Å². The van der Waals surface area contributed by atoms with E-state index in [-0.39, 0.29) is 6.54 Å². The Bertz CT molecular complexity index is 148. The lowest BCUT2D eigenvalue weighted by Gasteiger charge is -1.96. The van der Waals surface area contributed by atoms with Crippen molar-refractivity contribution in [3.05, 3.63) is 0 Å². The second-order valence-electron chi connectivity index (χ2n) is 1.67. The topological polar surface area (TPSA) is 66.7 Å². The lowest BCUT2D eigenvalue weighted by molar-refractivity contribution is -0.140. The van der Waals surface area contributed by atoms with Gasteiger partial charge in [-0.15, -0.1) is 0 Å². The van der Waals surface area contributed by atoms with E-state index in [0.717, 1.165) is 0 Å². The Morgan fingerprint density at radius 3 is 2.78 bits per heavy atom. The molecule has 0 amide bonds. The lowest BCUT2D eigenvalue weighted by atomic mass is 10.2. The highest BCUT2D eigenvalue weighted by atomic mass is 16.4. The first-order valence-electron chi connectivity index (χ1n) is 2.45. The molecule has 0 bridgehead atoms. The van der Waals surface area contributed by atoms with Crippen LogP contribution in [0.2, 0.25) is 0 Å². The number of aliphatic carboxylic acids is 1. The van der Waals surface area contributed by atoms with Crippen molar-refractivity contribution in [2.75, 3.05) is 6.54 Å². The first kappa shape index (κ1) is 7.85. The van der Waals surface area contributed by atoms with E-state index in [4.69, 9.17) is 5.11 Å². The molecule has 0 fully saturated rings. The smallest absolute Gasteiger partial charge is 0.308 e.